The summed E-state index contributed by atoms with van der Waals surface area (Å²) in [6, 6.07) is 4.38. The van der Waals surface area contributed by atoms with Crippen LogP contribution in [0.3, 0.4) is 0 Å². The van der Waals surface area contributed by atoms with E-state index in [1.165, 1.54) is 17.7 Å². The highest BCUT2D eigenvalue weighted by Crippen LogP contribution is 2.50. The van der Waals surface area contributed by atoms with E-state index in [1.807, 2.05) is 11.3 Å². The van der Waals surface area contributed by atoms with Crippen LogP contribution in [0.1, 0.15) is 31.1 Å². The molecule has 0 N–H and O–H groups in total. The van der Waals surface area contributed by atoms with Crippen LogP contribution in [-0.4, -0.2) is 13.2 Å². The zero-order chi connectivity index (χ0) is 9.15. The van der Waals surface area contributed by atoms with Gasteiger partial charge in [-0.2, -0.15) is 0 Å². The fourth-order valence-electron chi connectivity index (χ4n) is 1.60. The van der Waals surface area contributed by atoms with Crippen LogP contribution in [-0.2, 0) is 10.2 Å². The summed E-state index contributed by atoms with van der Waals surface area (Å²) in [7, 11) is 0. The molecule has 2 heteroatoms. The third-order valence-electron chi connectivity index (χ3n) is 2.62. The molecule has 0 saturated heterocycles. The van der Waals surface area contributed by atoms with Gasteiger partial charge in [0.05, 0.1) is 6.61 Å². The van der Waals surface area contributed by atoms with Crippen LogP contribution in [0.4, 0.5) is 0 Å². The Morgan fingerprint density at radius 2 is 2.38 bits per heavy atom. The first-order valence-corrected chi connectivity index (χ1v) is 5.87. The molecule has 13 heavy (non-hydrogen) atoms. The standard InChI is InChI=1S/C11H16OS/c1-2-7-12-9-11(5-6-11)10-4-3-8-13-10/h3-4,8H,2,5-7,9H2,1H3. The van der Waals surface area contributed by atoms with E-state index in [-0.39, 0.29) is 0 Å². The molecule has 1 aliphatic rings. The maximum Gasteiger partial charge on any atom is 0.0570 e. The van der Waals surface area contributed by atoms with Gasteiger partial charge in [0.15, 0.2) is 0 Å². The van der Waals surface area contributed by atoms with Gasteiger partial charge in [-0.3, -0.25) is 0 Å². The molecule has 0 radical (unpaired) electrons. The summed E-state index contributed by atoms with van der Waals surface area (Å²) in [5.74, 6) is 0. The van der Waals surface area contributed by atoms with Gasteiger partial charge >= 0.3 is 0 Å². The minimum atomic E-state index is 0.420. The van der Waals surface area contributed by atoms with Crippen molar-refractivity contribution in [3.63, 3.8) is 0 Å². The summed E-state index contributed by atoms with van der Waals surface area (Å²) in [5.41, 5.74) is 0.420. The van der Waals surface area contributed by atoms with Gasteiger partial charge in [0.1, 0.15) is 0 Å². The van der Waals surface area contributed by atoms with Crippen LogP contribution < -0.4 is 0 Å². The molecule has 0 aromatic carbocycles. The second-order valence-corrected chi connectivity index (χ2v) is 4.76. The molecule has 1 nitrogen and oxygen atoms in total. The van der Waals surface area contributed by atoms with E-state index in [0.29, 0.717) is 5.41 Å². The second-order valence-electron chi connectivity index (χ2n) is 3.81. The van der Waals surface area contributed by atoms with Gasteiger partial charge in [0.2, 0.25) is 0 Å². The highest BCUT2D eigenvalue weighted by molar-refractivity contribution is 7.10. The normalized spacial score (nSPS) is 18.8. The molecule has 0 unspecified atom stereocenters. The Morgan fingerprint density at radius 1 is 1.54 bits per heavy atom. The lowest BCUT2D eigenvalue weighted by atomic mass is 10.1. The molecular weight excluding hydrogens is 180 g/mol. The number of rotatable bonds is 5. The molecule has 1 aromatic heterocycles. The van der Waals surface area contributed by atoms with E-state index >= 15 is 0 Å². The van der Waals surface area contributed by atoms with E-state index in [4.69, 9.17) is 4.74 Å². The van der Waals surface area contributed by atoms with E-state index in [1.54, 1.807) is 0 Å². The van der Waals surface area contributed by atoms with Gasteiger partial charge in [-0.1, -0.05) is 13.0 Å². The van der Waals surface area contributed by atoms with Gasteiger partial charge in [0.25, 0.3) is 0 Å². The third-order valence-corrected chi connectivity index (χ3v) is 3.74. The fourth-order valence-corrected chi connectivity index (χ4v) is 2.58. The van der Waals surface area contributed by atoms with Crippen LogP contribution in [0.15, 0.2) is 17.5 Å². The molecular formula is C11H16OS. The first-order chi connectivity index (χ1) is 6.37. The lowest BCUT2D eigenvalue weighted by molar-refractivity contribution is 0.115. The summed E-state index contributed by atoms with van der Waals surface area (Å²) in [4.78, 5) is 1.52. The Kier molecular flexibility index (Phi) is 2.70. The van der Waals surface area contributed by atoms with Crippen LogP contribution in [0, 0.1) is 0 Å². The molecule has 1 heterocycles. The van der Waals surface area contributed by atoms with E-state index in [9.17, 15) is 0 Å². The summed E-state index contributed by atoms with van der Waals surface area (Å²) in [6.07, 6.45) is 3.76. The molecule has 0 atom stereocenters. The van der Waals surface area contributed by atoms with Gasteiger partial charge in [-0.15, -0.1) is 11.3 Å². The van der Waals surface area contributed by atoms with Gasteiger partial charge in [-0.25, -0.2) is 0 Å². The zero-order valence-corrected chi connectivity index (χ0v) is 8.90. The first kappa shape index (κ1) is 9.22. The minimum absolute atomic E-state index is 0.420. The van der Waals surface area contributed by atoms with Crippen LogP contribution in [0.5, 0.6) is 0 Å². The predicted molar refractivity (Wildman–Crippen MR) is 56.3 cm³/mol. The quantitative estimate of drug-likeness (QED) is 0.657. The third kappa shape index (κ3) is 1.94. The minimum Gasteiger partial charge on any atom is -0.381 e. The molecule has 0 amide bonds. The first-order valence-electron chi connectivity index (χ1n) is 4.99. The van der Waals surface area contributed by atoms with Crippen LogP contribution in [0.2, 0.25) is 0 Å². The number of hydrogen-bond acceptors (Lipinski definition) is 2. The van der Waals surface area contributed by atoms with E-state index in [2.05, 4.69) is 24.4 Å². The molecule has 2 rings (SSSR count). The van der Waals surface area contributed by atoms with Crippen molar-refractivity contribution in [2.75, 3.05) is 13.2 Å². The average Bonchev–Trinajstić information content (AvgIpc) is 2.74. The summed E-state index contributed by atoms with van der Waals surface area (Å²) in [6.45, 7) is 4.00. The lowest BCUT2D eigenvalue weighted by Gasteiger charge is -2.12. The van der Waals surface area contributed by atoms with Crippen molar-refractivity contribution in [3.05, 3.63) is 22.4 Å². The highest BCUT2D eigenvalue weighted by Gasteiger charge is 2.45. The molecule has 0 bridgehead atoms. The Hall–Kier alpha value is -0.340. The fraction of sp³-hybridized carbons (Fsp3) is 0.636. The Bertz CT molecular complexity index is 249. The molecule has 1 aromatic rings. The predicted octanol–water partition coefficient (Wildman–Crippen LogP) is 3.21. The van der Waals surface area contributed by atoms with Gasteiger partial charge < -0.3 is 4.74 Å². The lowest BCUT2D eigenvalue weighted by Crippen LogP contribution is -2.14. The highest BCUT2D eigenvalue weighted by atomic mass is 32.1. The summed E-state index contributed by atoms with van der Waals surface area (Å²) in [5, 5.41) is 2.16. The largest absolute Gasteiger partial charge is 0.381 e. The van der Waals surface area contributed by atoms with Crippen molar-refractivity contribution in [1.82, 2.24) is 0 Å². The SMILES string of the molecule is CCCOCC1(c2cccs2)CC1. The Labute approximate surface area is 83.7 Å². The topological polar surface area (TPSA) is 9.23 Å². The van der Waals surface area contributed by atoms with Crippen LogP contribution >= 0.6 is 11.3 Å². The monoisotopic (exact) mass is 196 g/mol. The van der Waals surface area contributed by atoms with Gasteiger partial charge in [-0.05, 0) is 30.7 Å². The molecule has 72 valence electrons. The zero-order valence-electron chi connectivity index (χ0n) is 8.08. The summed E-state index contributed by atoms with van der Waals surface area (Å²) < 4.78 is 5.64. The van der Waals surface area contributed by atoms with E-state index in [0.717, 1.165) is 19.6 Å². The molecule has 1 fully saturated rings. The molecule has 1 saturated carbocycles. The van der Waals surface area contributed by atoms with Crippen LogP contribution in [0.25, 0.3) is 0 Å². The van der Waals surface area contributed by atoms with Crippen molar-refractivity contribution in [2.45, 2.75) is 31.6 Å². The van der Waals surface area contributed by atoms with Crippen molar-refractivity contribution < 1.29 is 4.74 Å². The van der Waals surface area contributed by atoms with Crippen molar-refractivity contribution in [3.8, 4) is 0 Å². The van der Waals surface area contributed by atoms with E-state index < -0.39 is 0 Å². The molecule has 0 aliphatic heterocycles. The number of hydrogen-bond donors (Lipinski definition) is 0. The number of ether oxygens (including phenoxy) is 1. The molecule has 0 spiro atoms. The second kappa shape index (κ2) is 3.81. The molecule has 1 aliphatic carbocycles. The van der Waals surface area contributed by atoms with Gasteiger partial charge in [0, 0.05) is 16.9 Å². The van der Waals surface area contributed by atoms with Crippen molar-refractivity contribution in [2.24, 2.45) is 0 Å². The maximum absolute atomic E-state index is 5.64. The Balaban J connectivity index is 1.90. The maximum atomic E-state index is 5.64. The smallest absolute Gasteiger partial charge is 0.0570 e. The van der Waals surface area contributed by atoms with Crippen molar-refractivity contribution in [1.29, 1.82) is 0 Å². The average molecular weight is 196 g/mol. The number of thiophene rings is 1. The van der Waals surface area contributed by atoms with Crippen molar-refractivity contribution >= 4 is 11.3 Å². The Morgan fingerprint density at radius 3 is 2.92 bits per heavy atom. The summed E-state index contributed by atoms with van der Waals surface area (Å²) >= 11 is 1.87.